The molecule has 0 aliphatic rings. The Morgan fingerprint density at radius 1 is 1.29 bits per heavy atom. The number of hydrogen-bond donors (Lipinski definition) is 1. The molecule has 1 N–H and O–H groups in total. The topological polar surface area (TPSA) is 55.8 Å². The van der Waals surface area contributed by atoms with Crippen LogP contribution in [0.3, 0.4) is 0 Å². The monoisotopic (exact) mass is 250 g/mol. The van der Waals surface area contributed by atoms with Crippen LogP contribution in [0.2, 0.25) is 0 Å². The third kappa shape index (κ3) is 2.57. The molecule has 0 fully saturated rings. The number of carboxylic acid groups (broad SMARTS) is 1. The molecule has 0 saturated carbocycles. The first-order valence-corrected chi connectivity index (χ1v) is 5.76. The summed E-state index contributed by atoms with van der Waals surface area (Å²) in [7, 11) is 1.49. The Bertz CT molecular complexity index is 519. The minimum absolute atomic E-state index is 0.0792. The Labute approximate surface area is 102 Å². The molecule has 1 aromatic carbocycles. The Morgan fingerprint density at radius 3 is 2.71 bits per heavy atom. The maximum Gasteiger partial charge on any atom is 0.339 e. The van der Waals surface area contributed by atoms with E-state index in [0.717, 1.165) is 0 Å². The highest BCUT2D eigenvalue weighted by Gasteiger charge is 2.13. The number of aromatic carboxylic acids is 1. The van der Waals surface area contributed by atoms with Crippen molar-refractivity contribution in [2.45, 2.75) is 0 Å². The second kappa shape index (κ2) is 4.88. The van der Waals surface area contributed by atoms with Gasteiger partial charge < -0.3 is 14.6 Å². The summed E-state index contributed by atoms with van der Waals surface area (Å²) >= 11 is 1.48. The maximum absolute atomic E-state index is 11.1. The van der Waals surface area contributed by atoms with Gasteiger partial charge in [0.05, 0.1) is 7.11 Å². The molecule has 0 unspecified atom stereocenters. The van der Waals surface area contributed by atoms with Crippen LogP contribution in [-0.2, 0) is 0 Å². The largest absolute Gasteiger partial charge is 0.497 e. The average Bonchev–Trinajstić information content (AvgIpc) is 2.82. The van der Waals surface area contributed by atoms with Crippen LogP contribution in [0.15, 0.2) is 35.0 Å². The van der Waals surface area contributed by atoms with Crippen LogP contribution < -0.4 is 9.47 Å². The normalized spacial score (nSPS) is 9.94. The number of benzene rings is 1. The zero-order valence-electron chi connectivity index (χ0n) is 9.04. The molecule has 4 nitrogen and oxygen atoms in total. The summed E-state index contributed by atoms with van der Waals surface area (Å²) in [5.74, 6) is 0.369. The fourth-order valence-electron chi connectivity index (χ4n) is 1.33. The zero-order valence-corrected chi connectivity index (χ0v) is 9.86. The van der Waals surface area contributed by atoms with Gasteiger partial charge in [-0.2, -0.15) is 0 Å². The molecule has 0 bridgehead atoms. The van der Waals surface area contributed by atoms with Crippen LogP contribution in [0.4, 0.5) is 0 Å². The van der Waals surface area contributed by atoms with Crippen LogP contribution in [0.5, 0.6) is 17.2 Å². The third-order valence-corrected chi connectivity index (χ3v) is 2.80. The summed E-state index contributed by atoms with van der Waals surface area (Å²) in [4.78, 5) is 11.1. The van der Waals surface area contributed by atoms with Crippen LogP contribution in [0.1, 0.15) is 10.4 Å². The van der Waals surface area contributed by atoms with Gasteiger partial charge in [0.25, 0.3) is 0 Å². The first-order chi connectivity index (χ1) is 8.20. The molecular formula is C12H10O4S. The number of thiophene rings is 1. The number of methoxy groups -OCH3 is 1. The fraction of sp³-hybridized carbons (Fsp3) is 0.0833. The van der Waals surface area contributed by atoms with Gasteiger partial charge >= 0.3 is 5.97 Å². The molecule has 0 radical (unpaired) electrons. The summed E-state index contributed by atoms with van der Waals surface area (Å²) in [5.41, 5.74) is 0.0792. The van der Waals surface area contributed by atoms with E-state index in [9.17, 15) is 4.79 Å². The molecular weight excluding hydrogens is 240 g/mol. The van der Waals surface area contributed by atoms with E-state index in [1.807, 2.05) is 5.38 Å². The van der Waals surface area contributed by atoms with Crippen LogP contribution in [-0.4, -0.2) is 18.2 Å². The van der Waals surface area contributed by atoms with E-state index < -0.39 is 5.97 Å². The van der Waals surface area contributed by atoms with E-state index in [1.54, 1.807) is 23.6 Å². The van der Waals surface area contributed by atoms with Crippen molar-refractivity contribution in [3.05, 3.63) is 40.6 Å². The van der Waals surface area contributed by atoms with Crippen molar-refractivity contribution in [1.29, 1.82) is 0 Å². The SMILES string of the molecule is COc1ccc(Oc2ccsc2)c(C(=O)O)c1. The van der Waals surface area contributed by atoms with Crippen molar-refractivity contribution in [2.24, 2.45) is 0 Å². The molecule has 17 heavy (non-hydrogen) atoms. The fourth-order valence-corrected chi connectivity index (χ4v) is 1.88. The number of ether oxygens (including phenoxy) is 2. The highest BCUT2D eigenvalue weighted by molar-refractivity contribution is 7.08. The molecule has 0 aliphatic carbocycles. The van der Waals surface area contributed by atoms with Crippen molar-refractivity contribution in [3.63, 3.8) is 0 Å². The molecule has 2 aromatic rings. The summed E-state index contributed by atoms with van der Waals surface area (Å²) in [6.07, 6.45) is 0. The van der Waals surface area contributed by atoms with E-state index >= 15 is 0 Å². The molecule has 0 aliphatic heterocycles. The lowest BCUT2D eigenvalue weighted by Crippen LogP contribution is -2.00. The third-order valence-electron chi connectivity index (χ3n) is 2.14. The summed E-state index contributed by atoms with van der Waals surface area (Å²) < 4.78 is 10.5. The van der Waals surface area contributed by atoms with E-state index in [1.165, 1.54) is 24.5 Å². The van der Waals surface area contributed by atoms with Gasteiger partial charge in [-0.05, 0) is 29.6 Å². The second-order valence-corrected chi connectivity index (χ2v) is 4.01. The number of carboxylic acids is 1. The zero-order chi connectivity index (χ0) is 12.3. The first-order valence-electron chi connectivity index (χ1n) is 4.82. The summed E-state index contributed by atoms with van der Waals surface area (Å²) in [6, 6.07) is 6.46. The minimum atomic E-state index is -1.05. The molecule has 1 aromatic heterocycles. The standard InChI is InChI=1S/C12H10O4S/c1-15-8-2-3-11(10(6-8)12(13)14)16-9-4-5-17-7-9/h2-7H,1H3,(H,13,14). The number of hydrogen-bond acceptors (Lipinski definition) is 4. The van der Waals surface area contributed by atoms with Gasteiger partial charge in [-0.3, -0.25) is 0 Å². The van der Waals surface area contributed by atoms with Gasteiger partial charge in [-0.15, -0.1) is 11.3 Å². The van der Waals surface area contributed by atoms with Crippen molar-refractivity contribution in [2.75, 3.05) is 7.11 Å². The van der Waals surface area contributed by atoms with Gasteiger partial charge in [0.15, 0.2) is 0 Å². The lowest BCUT2D eigenvalue weighted by Gasteiger charge is -2.08. The molecule has 0 spiro atoms. The lowest BCUT2D eigenvalue weighted by atomic mass is 10.2. The van der Waals surface area contributed by atoms with Gasteiger partial charge in [0.1, 0.15) is 22.8 Å². The second-order valence-electron chi connectivity index (χ2n) is 3.23. The maximum atomic E-state index is 11.1. The lowest BCUT2D eigenvalue weighted by molar-refractivity contribution is 0.0693. The Hall–Kier alpha value is -2.01. The average molecular weight is 250 g/mol. The Kier molecular flexibility index (Phi) is 3.30. The van der Waals surface area contributed by atoms with Crippen molar-refractivity contribution >= 4 is 17.3 Å². The Morgan fingerprint density at radius 2 is 2.12 bits per heavy atom. The van der Waals surface area contributed by atoms with Crippen molar-refractivity contribution in [1.82, 2.24) is 0 Å². The van der Waals surface area contributed by atoms with Gasteiger partial charge in [-0.1, -0.05) is 0 Å². The highest BCUT2D eigenvalue weighted by atomic mass is 32.1. The predicted molar refractivity (Wildman–Crippen MR) is 64.3 cm³/mol. The number of rotatable bonds is 4. The molecule has 88 valence electrons. The quantitative estimate of drug-likeness (QED) is 0.905. The molecule has 0 saturated heterocycles. The van der Waals surface area contributed by atoms with E-state index in [0.29, 0.717) is 17.2 Å². The van der Waals surface area contributed by atoms with Crippen molar-refractivity contribution in [3.8, 4) is 17.2 Å². The smallest absolute Gasteiger partial charge is 0.339 e. The summed E-state index contributed by atoms with van der Waals surface area (Å²) in [6.45, 7) is 0. The minimum Gasteiger partial charge on any atom is -0.497 e. The van der Waals surface area contributed by atoms with E-state index in [-0.39, 0.29) is 5.56 Å². The van der Waals surface area contributed by atoms with Crippen molar-refractivity contribution < 1.29 is 19.4 Å². The van der Waals surface area contributed by atoms with Gasteiger partial charge in [0.2, 0.25) is 0 Å². The van der Waals surface area contributed by atoms with Crippen LogP contribution in [0.25, 0.3) is 0 Å². The highest BCUT2D eigenvalue weighted by Crippen LogP contribution is 2.29. The number of carbonyl (C=O) groups is 1. The summed E-state index contributed by atoms with van der Waals surface area (Å²) in [5, 5.41) is 12.7. The van der Waals surface area contributed by atoms with Crippen LogP contribution >= 0.6 is 11.3 Å². The molecule has 1 heterocycles. The molecule has 2 rings (SSSR count). The predicted octanol–water partition coefficient (Wildman–Crippen LogP) is 3.25. The molecule has 0 atom stereocenters. The Balaban J connectivity index is 2.36. The molecule has 0 amide bonds. The molecule has 5 heteroatoms. The van der Waals surface area contributed by atoms with Crippen LogP contribution in [0, 0.1) is 0 Å². The van der Waals surface area contributed by atoms with E-state index in [2.05, 4.69) is 0 Å². The first kappa shape index (κ1) is 11.5. The van der Waals surface area contributed by atoms with Gasteiger partial charge in [-0.25, -0.2) is 4.79 Å². The van der Waals surface area contributed by atoms with Gasteiger partial charge in [0, 0.05) is 5.38 Å². The van der Waals surface area contributed by atoms with E-state index in [4.69, 9.17) is 14.6 Å².